The van der Waals surface area contributed by atoms with Gasteiger partial charge in [0.25, 0.3) is 11.8 Å². The minimum atomic E-state index is -0.576. The van der Waals surface area contributed by atoms with Gasteiger partial charge in [0.1, 0.15) is 17.4 Å². The zero-order chi connectivity index (χ0) is 28.1. The smallest absolute Gasteiger partial charge is 0.271 e. The molecule has 8 nitrogen and oxygen atoms in total. The minimum Gasteiger partial charge on any atom is -0.496 e. The van der Waals surface area contributed by atoms with Gasteiger partial charge in [0.15, 0.2) is 0 Å². The Morgan fingerprint density at radius 3 is 2.46 bits per heavy atom. The second kappa shape index (κ2) is 11.9. The lowest BCUT2D eigenvalue weighted by Crippen LogP contribution is -2.43. The minimum absolute atomic E-state index is 0.0390. The average Bonchev–Trinajstić information content (AvgIpc) is 3.35. The summed E-state index contributed by atoms with van der Waals surface area (Å²) in [5, 5.41) is 14.6. The van der Waals surface area contributed by atoms with E-state index >= 15 is 0 Å². The third kappa shape index (κ3) is 5.84. The van der Waals surface area contributed by atoms with Crippen molar-refractivity contribution in [2.75, 3.05) is 20.3 Å². The number of nitriles is 1. The lowest BCUT2D eigenvalue weighted by atomic mass is 9.93. The molecule has 0 saturated heterocycles. The number of aryl methyl sites for hydroxylation is 1. The monoisotopic (exact) mass is 524 g/mol. The molecule has 1 aromatic heterocycles. The van der Waals surface area contributed by atoms with Crippen LogP contribution >= 0.6 is 0 Å². The van der Waals surface area contributed by atoms with Gasteiger partial charge in [-0.3, -0.25) is 14.5 Å². The summed E-state index contributed by atoms with van der Waals surface area (Å²) in [6.07, 6.45) is 4.09. The van der Waals surface area contributed by atoms with E-state index in [0.717, 1.165) is 27.5 Å². The number of benzene rings is 2. The molecule has 0 radical (unpaired) electrons. The number of carbonyl (C=O) groups excluding carboxylic acids is 2. The van der Waals surface area contributed by atoms with Crippen LogP contribution in [0, 0.1) is 18.3 Å². The maximum absolute atomic E-state index is 13.6. The van der Waals surface area contributed by atoms with E-state index in [1.807, 2.05) is 81.6 Å². The highest BCUT2D eigenvalue weighted by Crippen LogP contribution is 2.33. The van der Waals surface area contributed by atoms with Crippen LogP contribution in [0.4, 0.5) is 0 Å². The Hall–Kier alpha value is -4.48. The van der Waals surface area contributed by atoms with E-state index in [4.69, 9.17) is 14.6 Å². The number of methoxy groups -OCH3 is 1. The largest absolute Gasteiger partial charge is 0.496 e. The first kappa shape index (κ1) is 27.6. The fourth-order valence-corrected chi connectivity index (χ4v) is 4.49. The van der Waals surface area contributed by atoms with E-state index in [9.17, 15) is 14.9 Å². The lowest BCUT2D eigenvalue weighted by molar-refractivity contribution is -0.140. The van der Waals surface area contributed by atoms with Gasteiger partial charge in [-0.2, -0.15) is 10.4 Å². The lowest BCUT2D eigenvalue weighted by Gasteiger charge is -2.27. The maximum atomic E-state index is 13.6. The number of aromatic nitrogens is 2. The first-order valence-electron chi connectivity index (χ1n) is 12.9. The van der Waals surface area contributed by atoms with E-state index in [2.05, 4.69) is 0 Å². The van der Waals surface area contributed by atoms with Crippen molar-refractivity contribution in [1.82, 2.24) is 14.7 Å². The maximum Gasteiger partial charge on any atom is 0.271 e. The third-order valence-corrected chi connectivity index (χ3v) is 6.53. The molecule has 0 unspecified atom stereocenters. The summed E-state index contributed by atoms with van der Waals surface area (Å²) >= 11 is 0. The first-order valence-corrected chi connectivity index (χ1v) is 12.9. The van der Waals surface area contributed by atoms with Gasteiger partial charge < -0.3 is 9.47 Å². The number of amides is 2. The molecule has 8 heteroatoms. The van der Waals surface area contributed by atoms with Crippen LogP contribution < -0.4 is 4.74 Å². The van der Waals surface area contributed by atoms with Crippen LogP contribution in [-0.2, 0) is 14.3 Å². The SMILES string of the molecule is COc1ccc(-c2nn(-c3ccccc3)cc2/C=C2/C(=O)N(CCCOC(C)C)C(=O)C(C#N)=C2C)cc1C. The zero-order valence-corrected chi connectivity index (χ0v) is 22.9. The highest BCUT2D eigenvalue weighted by Gasteiger charge is 2.35. The molecule has 200 valence electrons. The van der Waals surface area contributed by atoms with Crippen LogP contribution in [0.5, 0.6) is 5.75 Å². The predicted octanol–water partition coefficient (Wildman–Crippen LogP) is 5.26. The Bertz CT molecular complexity index is 1490. The van der Waals surface area contributed by atoms with Gasteiger partial charge in [-0.1, -0.05) is 18.2 Å². The molecule has 0 spiro atoms. The van der Waals surface area contributed by atoms with Crippen LogP contribution in [0.25, 0.3) is 23.0 Å². The summed E-state index contributed by atoms with van der Waals surface area (Å²) < 4.78 is 12.8. The van der Waals surface area contributed by atoms with Crippen LogP contribution in [0.2, 0.25) is 0 Å². The van der Waals surface area contributed by atoms with Gasteiger partial charge in [0, 0.05) is 36.0 Å². The molecule has 3 aromatic rings. The summed E-state index contributed by atoms with van der Waals surface area (Å²) in [5.74, 6) is -0.255. The Balaban J connectivity index is 1.82. The van der Waals surface area contributed by atoms with Crippen molar-refractivity contribution in [1.29, 1.82) is 5.26 Å². The molecule has 39 heavy (non-hydrogen) atoms. The van der Waals surface area contributed by atoms with Gasteiger partial charge in [-0.15, -0.1) is 0 Å². The second-order valence-corrected chi connectivity index (χ2v) is 9.60. The topological polar surface area (TPSA) is 97.4 Å². The fraction of sp³-hybridized carbons (Fsp3) is 0.290. The molecular weight excluding hydrogens is 492 g/mol. The van der Waals surface area contributed by atoms with E-state index in [-0.39, 0.29) is 23.8 Å². The zero-order valence-electron chi connectivity index (χ0n) is 22.9. The van der Waals surface area contributed by atoms with Crippen molar-refractivity contribution in [2.24, 2.45) is 0 Å². The first-order chi connectivity index (χ1) is 18.7. The molecule has 0 aliphatic carbocycles. The average molecular weight is 525 g/mol. The number of ether oxygens (including phenoxy) is 2. The van der Waals surface area contributed by atoms with Crippen molar-refractivity contribution in [3.63, 3.8) is 0 Å². The van der Waals surface area contributed by atoms with Crippen LogP contribution in [0.15, 0.2) is 71.4 Å². The predicted molar refractivity (Wildman–Crippen MR) is 149 cm³/mol. The van der Waals surface area contributed by atoms with E-state index < -0.39 is 11.8 Å². The Kier molecular flexibility index (Phi) is 8.43. The van der Waals surface area contributed by atoms with Gasteiger partial charge in [0.05, 0.1) is 24.6 Å². The van der Waals surface area contributed by atoms with Crippen molar-refractivity contribution < 1.29 is 19.1 Å². The number of nitrogens with zero attached hydrogens (tertiary/aromatic N) is 4. The van der Waals surface area contributed by atoms with E-state index in [0.29, 0.717) is 29.9 Å². The number of imide groups is 1. The van der Waals surface area contributed by atoms with Gasteiger partial charge in [-0.05, 0) is 81.7 Å². The molecule has 0 fully saturated rings. The number of hydrogen-bond donors (Lipinski definition) is 0. The number of hydrogen-bond acceptors (Lipinski definition) is 6. The molecule has 2 heterocycles. The van der Waals surface area contributed by atoms with Crippen molar-refractivity contribution in [2.45, 2.75) is 40.2 Å². The molecule has 0 N–H and O–H groups in total. The Labute approximate surface area is 228 Å². The standard InChI is InChI=1S/C31H32N4O4/c1-20(2)39-15-9-14-34-30(36)26(22(4)27(18-32)31(34)37)17-24-19-35(25-10-7-6-8-11-25)33-29(24)23-12-13-28(38-5)21(3)16-23/h6-8,10-13,16-17,19-20H,9,14-15H2,1-5H3/b26-17+. The van der Waals surface area contributed by atoms with Crippen molar-refractivity contribution >= 4 is 17.9 Å². The molecule has 0 bridgehead atoms. The van der Waals surface area contributed by atoms with Crippen molar-refractivity contribution in [3.8, 4) is 28.8 Å². The molecular formula is C31H32N4O4. The molecule has 2 amide bonds. The molecule has 2 aromatic carbocycles. The summed E-state index contributed by atoms with van der Waals surface area (Å²) in [5.41, 5.74) is 4.59. The molecule has 4 rings (SSSR count). The highest BCUT2D eigenvalue weighted by molar-refractivity contribution is 6.19. The summed E-state index contributed by atoms with van der Waals surface area (Å²) in [7, 11) is 1.63. The van der Waals surface area contributed by atoms with Crippen LogP contribution in [-0.4, -0.2) is 52.9 Å². The molecule has 0 saturated carbocycles. The highest BCUT2D eigenvalue weighted by atomic mass is 16.5. The summed E-state index contributed by atoms with van der Waals surface area (Å²) in [6.45, 7) is 8.01. The molecule has 1 aliphatic heterocycles. The van der Waals surface area contributed by atoms with Gasteiger partial charge in [-0.25, -0.2) is 4.68 Å². The van der Waals surface area contributed by atoms with Crippen LogP contribution in [0.3, 0.4) is 0 Å². The normalized spacial score (nSPS) is 14.9. The van der Waals surface area contributed by atoms with Crippen LogP contribution in [0.1, 0.15) is 38.3 Å². The quantitative estimate of drug-likeness (QED) is 0.215. The molecule has 1 aliphatic rings. The summed E-state index contributed by atoms with van der Waals surface area (Å²) in [6, 6.07) is 17.5. The second-order valence-electron chi connectivity index (χ2n) is 9.60. The summed E-state index contributed by atoms with van der Waals surface area (Å²) in [4.78, 5) is 27.8. The van der Waals surface area contributed by atoms with E-state index in [1.165, 1.54) is 0 Å². The van der Waals surface area contributed by atoms with Crippen molar-refractivity contribution in [3.05, 3.63) is 82.6 Å². The van der Waals surface area contributed by atoms with E-state index in [1.54, 1.807) is 24.8 Å². The van der Waals surface area contributed by atoms with Gasteiger partial charge >= 0.3 is 0 Å². The number of para-hydroxylation sites is 1. The Morgan fingerprint density at radius 1 is 1.08 bits per heavy atom. The number of carbonyl (C=O) groups is 2. The Morgan fingerprint density at radius 2 is 1.82 bits per heavy atom. The third-order valence-electron chi connectivity index (χ3n) is 6.53. The fourth-order valence-electron chi connectivity index (χ4n) is 4.49. The van der Waals surface area contributed by atoms with Gasteiger partial charge in [0.2, 0.25) is 0 Å². The molecule has 0 atom stereocenters. The number of rotatable bonds is 9.